The average molecular weight is 1410 g/mol. The number of benzene rings is 8. The monoisotopic (exact) mass is 1400 g/mol. The average Bonchev–Trinajstić information content (AvgIpc) is 1.41. The lowest BCUT2D eigenvalue weighted by Gasteiger charge is -2.49. The molecule has 5 fully saturated rings. The molecule has 5 aliphatic heterocycles. The fraction of sp³-hybridized carbons (Fsp3) is 0.405. The third kappa shape index (κ3) is 17.7. The molecule has 18 heteroatoms. The molecule has 5 heterocycles. The predicted octanol–water partition coefficient (Wildman–Crippen LogP) is 12.8. The van der Waals surface area contributed by atoms with Crippen LogP contribution < -0.4 is 10.4 Å². The molecular weight excluding hydrogens is 1310 g/mol. The van der Waals surface area contributed by atoms with Gasteiger partial charge in [-0.1, -0.05) is 276 Å². The zero-order valence-corrected chi connectivity index (χ0v) is 60.2. The highest BCUT2D eigenvalue weighted by Gasteiger charge is 2.64. The molecule has 102 heavy (non-hydrogen) atoms. The van der Waals surface area contributed by atoms with E-state index in [-0.39, 0.29) is 59.6 Å². The topological polar surface area (TPSA) is 168 Å². The van der Waals surface area contributed by atoms with Gasteiger partial charge in [-0.3, -0.25) is 0 Å². The van der Waals surface area contributed by atoms with Crippen molar-refractivity contribution in [1.29, 1.82) is 0 Å². The maximum absolute atomic E-state index is 13.4. The minimum atomic E-state index is -3.31. The van der Waals surface area contributed by atoms with Crippen molar-refractivity contribution < 1.29 is 80.6 Å². The zero-order chi connectivity index (χ0) is 70.6. The molecule has 0 aromatic heterocycles. The van der Waals surface area contributed by atoms with Gasteiger partial charge in [0.05, 0.1) is 46.2 Å². The molecule has 0 bridgehead atoms. The number of hydrogen-bond acceptors (Lipinski definition) is 17. The van der Waals surface area contributed by atoms with Gasteiger partial charge in [0.1, 0.15) is 86.6 Å². The molecule has 538 valence electrons. The Kier molecular flexibility index (Phi) is 24.0. The van der Waals surface area contributed by atoms with Gasteiger partial charge in [0.2, 0.25) is 5.79 Å². The SMILES string of the molecule is CC1(C)O[C@H]2[C@@H](O1)[C@@H](/C=C/C(O)[C@H]1O[C@H](O[C@]3(COCOCc4ccccc4)O[C@H](CO[Si](c4ccccc4)(c4ccccc4)C(C)(C)C)[C@@H](OCc4ccccc4)[C@@H]3OCc3ccccc3)[C@H](OCc3ccccc3)[C@@H](OCc3ccccc3)[C@@H]1OCc1ccccc1)O[C@@H]1OC(C)(C)O[C@@H]12. The van der Waals surface area contributed by atoms with Crippen molar-refractivity contribution in [3.63, 3.8) is 0 Å². The zero-order valence-electron chi connectivity index (χ0n) is 59.2. The second-order valence-corrected chi connectivity index (χ2v) is 32.9. The van der Waals surface area contributed by atoms with Crippen molar-refractivity contribution in [2.75, 3.05) is 20.0 Å². The van der Waals surface area contributed by atoms with Gasteiger partial charge in [0, 0.05) is 0 Å². The highest BCUT2D eigenvalue weighted by Crippen LogP contribution is 2.47. The summed E-state index contributed by atoms with van der Waals surface area (Å²) in [6.45, 7) is 14.4. The lowest BCUT2D eigenvalue weighted by molar-refractivity contribution is -0.401. The first-order valence-electron chi connectivity index (χ1n) is 35.5. The second kappa shape index (κ2) is 33.4. The lowest BCUT2D eigenvalue weighted by Crippen LogP contribution is -2.67. The molecule has 0 spiro atoms. The summed E-state index contributed by atoms with van der Waals surface area (Å²) < 4.78 is 114. The third-order valence-corrected chi connectivity index (χ3v) is 24.2. The van der Waals surface area contributed by atoms with Gasteiger partial charge in [-0.2, -0.15) is 0 Å². The van der Waals surface area contributed by atoms with Crippen LogP contribution in [0, 0.1) is 0 Å². The third-order valence-electron chi connectivity index (χ3n) is 19.2. The normalized spacial score (nSPS) is 27.9. The van der Waals surface area contributed by atoms with Gasteiger partial charge < -0.3 is 80.6 Å². The van der Waals surface area contributed by atoms with Crippen LogP contribution in [-0.2, 0) is 115 Å². The van der Waals surface area contributed by atoms with Gasteiger partial charge in [0.25, 0.3) is 8.32 Å². The van der Waals surface area contributed by atoms with Gasteiger partial charge in [-0.15, -0.1) is 0 Å². The van der Waals surface area contributed by atoms with E-state index in [1.165, 1.54) is 0 Å². The van der Waals surface area contributed by atoms with Gasteiger partial charge >= 0.3 is 0 Å². The molecule has 0 saturated carbocycles. The Morgan fingerprint density at radius 1 is 0.441 bits per heavy atom. The summed E-state index contributed by atoms with van der Waals surface area (Å²) in [5.74, 6) is -3.94. The fourth-order valence-electron chi connectivity index (χ4n) is 14.5. The van der Waals surface area contributed by atoms with E-state index < -0.39 is 117 Å². The number of hydrogen-bond donors (Lipinski definition) is 1. The van der Waals surface area contributed by atoms with Crippen LogP contribution in [0.25, 0.3) is 0 Å². The Bertz CT molecular complexity index is 3800. The summed E-state index contributed by atoms with van der Waals surface area (Å²) in [7, 11) is -3.31. The molecule has 8 aromatic rings. The molecule has 15 atom stereocenters. The smallest absolute Gasteiger partial charge is 0.261 e. The Labute approximate surface area is 600 Å². The van der Waals surface area contributed by atoms with Crippen molar-refractivity contribution in [2.45, 2.75) is 196 Å². The van der Waals surface area contributed by atoms with Crippen LogP contribution in [-0.4, -0.2) is 137 Å². The van der Waals surface area contributed by atoms with Crippen LogP contribution in [0.15, 0.2) is 255 Å². The molecule has 5 saturated heterocycles. The van der Waals surface area contributed by atoms with E-state index in [0.717, 1.165) is 43.8 Å². The van der Waals surface area contributed by atoms with Crippen molar-refractivity contribution in [3.8, 4) is 0 Å². The first-order valence-corrected chi connectivity index (χ1v) is 37.4. The minimum Gasteiger partial charge on any atom is -0.405 e. The van der Waals surface area contributed by atoms with E-state index in [1.54, 1.807) is 12.2 Å². The van der Waals surface area contributed by atoms with Crippen molar-refractivity contribution in [1.82, 2.24) is 0 Å². The quantitative estimate of drug-likeness (QED) is 0.0188. The number of fused-ring (bicyclic) bond motifs is 3. The van der Waals surface area contributed by atoms with Crippen molar-refractivity contribution in [3.05, 3.63) is 288 Å². The lowest BCUT2D eigenvalue weighted by atomic mass is 9.92. The summed E-state index contributed by atoms with van der Waals surface area (Å²) in [4.78, 5) is 0. The molecule has 17 nitrogen and oxygen atoms in total. The summed E-state index contributed by atoms with van der Waals surface area (Å²) in [6, 6.07) is 80.5. The Morgan fingerprint density at radius 2 is 0.853 bits per heavy atom. The molecule has 0 amide bonds. The minimum absolute atomic E-state index is 0.00461. The summed E-state index contributed by atoms with van der Waals surface area (Å²) in [5, 5.41) is 15.1. The molecule has 0 radical (unpaired) electrons. The maximum atomic E-state index is 13.4. The van der Waals surface area contributed by atoms with E-state index in [4.69, 9.17) is 75.5 Å². The van der Waals surface area contributed by atoms with Gasteiger partial charge in [-0.05, 0) is 76.5 Å². The van der Waals surface area contributed by atoms with Crippen LogP contribution in [0.2, 0.25) is 5.04 Å². The van der Waals surface area contributed by atoms with E-state index in [1.807, 2.05) is 222 Å². The summed E-state index contributed by atoms with van der Waals surface area (Å²) in [5.41, 5.74) is 5.37. The largest absolute Gasteiger partial charge is 0.405 e. The second-order valence-electron chi connectivity index (χ2n) is 28.6. The van der Waals surface area contributed by atoms with Crippen LogP contribution in [0.3, 0.4) is 0 Å². The van der Waals surface area contributed by atoms with Crippen LogP contribution in [0.1, 0.15) is 81.8 Å². The van der Waals surface area contributed by atoms with E-state index in [0.29, 0.717) is 0 Å². The van der Waals surface area contributed by atoms with E-state index in [2.05, 4.69) is 69.3 Å². The highest BCUT2D eigenvalue weighted by atomic mass is 28.4. The van der Waals surface area contributed by atoms with Crippen molar-refractivity contribution >= 4 is 18.7 Å². The molecule has 1 N–H and O–H groups in total. The molecule has 8 aromatic carbocycles. The number of aliphatic hydroxyl groups is 1. The van der Waals surface area contributed by atoms with E-state index in [9.17, 15) is 5.11 Å². The summed E-state index contributed by atoms with van der Waals surface area (Å²) >= 11 is 0. The number of rotatable bonds is 31. The molecule has 1 unspecified atom stereocenters. The van der Waals surface area contributed by atoms with Crippen LogP contribution >= 0.6 is 0 Å². The maximum Gasteiger partial charge on any atom is 0.261 e. The molecule has 0 aliphatic carbocycles. The van der Waals surface area contributed by atoms with Gasteiger partial charge in [-0.25, -0.2) is 0 Å². The Balaban J connectivity index is 0.954. The van der Waals surface area contributed by atoms with E-state index >= 15 is 0 Å². The summed E-state index contributed by atoms with van der Waals surface area (Å²) in [6.07, 6.45) is -10.5. The van der Waals surface area contributed by atoms with Gasteiger partial charge in [0.15, 0.2) is 24.2 Å². The molecule has 5 aliphatic rings. The molecule has 13 rings (SSSR count). The van der Waals surface area contributed by atoms with Crippen LogP contribution in [0.4, 0.5) is 0 Å². The fourth-order valence-corrected chi connectivity index (χ4v) is 19.1. The predicted molar refractivity (Wildman–Crippen MR) is 386 cm³/mol. The first kappa shape index (κ1) is 73.4. The Hall–Kier alpha value is -6.96. The Morgan fingerprint density at radius 3 is 1.34 bits per heavy atom. The first-order chi connectivity index (χ1) is 49.5. The molecular formula is C84H96O17Si. The van der Waals surface area contributed by atoms with Crippen LogP contribution in [0.5, 0.6) is 0 Å². The highest BCUT2D eigenvalue weighted by molar-refractivity contribution is 6.99. The number of aliphatic hydroxyl groups excluding tert-OH is 1. The standard InChI is InChI=1S/C84H96O17Si/c1-81(2,3)102(65-44-28-14-29-45-65,66-46-30-15-31-47-66)93-56-69-72(88-51-60-34-18-9-19-35-60)78(92-55-64-42-26-13-27-43-64)84(96-69,57-87-58-86-50-59-32-16-8-17-33-59)101-79-76(91-54-63-40-24-12-25-41-63)74(90-53-62-38-22-11-23-39-62)73(89-52-61-36-20-10-21-37-61)70(95-79)67(85)48-49-68-71-75(98-82(4,5)97-71)77-80(94-68)100-83(6,7)99-77/h8-49,67-80,85H,50-58H2,1-7H3/b49-48+/t67?,68-,69-,70-,71+,72-,73-,74+,75+,76-,77-,78+,79-,80-,84+/m1/s1. The van der Waals surface area contributed by atoms with Crippen molar-refractivity contribution in [2.24, 2.45) is 0 Å². The number of ether oxygens (including phenoxy) is 15.